The topological polar surface area (TPSA) is 44.4 Å². The van der Waals surface area contributed by atoms with E-state index >= 15 is 0 Å². The summed E-state index contributed by atoms with van der Waals surface area (Å²) >= 11 is 3.70. The van der Waals surface area contributed by atoms with E-state index in [-0.39, 0.29) is 6.03 Å². The van der Waals surface area contributed by atoms with Crippen molar-refractivity contribution in [1.82, 2.24) is 10.2 Å². The fraction of sp³-hybridized carbons (Fsp3) is 0.435. The number of rotatable bonds is 6. The third-order valence-electron chi connectivity index (χ3n) is 5.55. The molecule has 0 aliphatic carbocycles. The Hall–Kier alpha value is -1.85. The molecule has 1 fully saturated rings. The van der Waals surface area contributed by atoms with E-state index in [1.165, 1.54) is 53.5 Å². The number of hydrogen-bond donors (Lipinski definition) is 2. The number of likely N-dealkylation sites (tertiary alicyclic amines) is 1. The van der Waals surface area contributed by atoms with Crippen LogP contribution in [-0.2, 0) is 12.8 Å². The third kappa shape index (κ3) is 6.08. The number of anilines is 1. The molecule has 1 aliphatic heterocycles. The van der Waals surface area contributed by atoms with Crippen molar-refractivity contribution in [1.29, 1.82) is 0 Å². The second-order valence-corrected chi connectivity index (χ2v) is 8.59. The molecule has 1 saturated heterocycles. The number of nitrogens with zero attached hydrogens (tertiary/aromatic N) is 1. The van der Waals surface area contributed by atoms with Crippen molar-refractivity contribution in [3.8, 4) is 0 Å². The Balaban J connectivity index is 1.45. The van der Waals surface area contributed by atoms with Crippen LogP contribution in [0, 0.1) is 12.8 Å². The molecule has 2 amide bonds. The van der Waals surface area contributed by atoms with Crippen molar-refractivity contribution in [3.05, 3.63) is 63.6 Å². The summed E-state index contributed by atoms with van der Waals surface area (Å²) < 4.78 is 1.24. The summed E-state index contributed by atoms with van der Waals surface area (Å²) in [5, 5.41) is 5.42. The van der Waals surface area contributed by atoms with E-state index in [4.69, 9.17) is 0 Å². The maximum Gasteiger partial charge on any atom is 0.318 e. The van der Waals surface area contributed by atoms with Gasteiger partial charge in [0.25, 0.3) is 0 Å². The van der Waals surface area contributed by atoms with Crippen LogP contribution in [0.1, 0.15) is 29.5 Å². The summed E-state index contributed by atoms with van der Waals surface area (Å²) in [5.74, 6) is 0.773. The van der Waals surface area contributed by atoms with Gasteiger partial charge in [0.1, 0.15) is 0 Å². The predicted molar refractivity (Wildman–Crippen MR) is 120 cm³/mol. The molecule has 3 rings (SSSR count). The molecule has 2 aromatic carbocycles. The molecule has 2 N–H and O–H groups in total. The molecular weight excluding hydrogens is 414 g/mol. The third-order valence-corrected chi connectivity index (χ3v) is 6.32. The number of aryl methyl sites for hydroxylation is 1. The molecule has 0 unspecified atom stereocenters. The van der Waals surface area contributed by atoms with Gasteiger partial charge >= 0.3 is 6.03 Å². The van der Waals surface area contributed by atoms with Gasteiger partial charge in [0.2, 0.25) is 0 Å². The molecule has 5 heteroatoms. The highest BCUT2D eigenvalue weighted by Crippen LogP contribution is 2.26. The lowest BCUT2D eigenvalue weighted by Crippen LogP contribution is -2.35. The molecule has 0 spiro atoms. The lowest BCUT2D eigenvalue weighted by Gasteiger charge is -2.32. The number of halogens is 1. The highest BCUT2D eigenvalue weighted by Gasteiger charge is 2.20. The minimum Gasteiger partial charge on any atom is -0.341 e. The molecule has 28 heavy (non-hydrogen) atoms. The van der Waals surface area contributed by atoms with Crippen molar-refractivity contribution >= 4 is 27.6 Å². The van der Waals surface area contributed by atoms with Crippen LogP contribution in [0.25, 0.3) is 0 Å². The van der Waals surface area contributed by atoms with E-state index in [0.29, 0.717) is 0 Å². The Morgan fingerprint density at radius 3 is 2.71 bits per heavy atom. The second kappa shape index (κ2) is 10.1. The van der Waals surface area contributed by atoms with Crippen LogP contribution in [-0.4, -0.2) is 37.6 Å². The Labute approximate surface area is 176 Å². The first-order valence-electron chi connectivity index (χ1n) is 10.1. The first-order chi connectivity index (χ1) is 13.5. The highest BCUT2D eigenvalue weighted by molar-refractivity contribution is 9.10. The maximum absolute atomic E-state index is 11.5. The van der Waals surface area contributed by atoms with Crippen molar-refractivity contribution in [2.45, 2.75) is 32.6 Å². The molecular formula is C23H30BrN3O. The summed E-state index contributed by atoms with van der Waals surface area (Å²) in [4.78, 5) is 14.0. The van der Waals surface area contributed by atoms with Crippen molar-refractivity contribution in [3.63, 3.8) is 0 Å². The van der Waals surface area contributed by atoms with Crippen molar-refractivity contribution < 1.29 is 4.79 Å². The number of piperidine rings is 1. The SMILES string of the molecule is CNC(=O)Nc1cccc(CCN2CCC(Cc3cc(C)ccc3Br)CC2)c1. The van der Waals surface area contributed by atoms with Gasteiger partial charge < -0.3 is 15.5 Å². The van der Waals surface area contributed by atoms with E-state index in [9.17, 15) is 4.79 Å². The molecule has 2 aromatic rings. The number of hydrogen-bond acceptors (Lipinski definition) is 2. The summed E-state index contributed by atoms with van der Waals surface area (Å²) in [6, 6.07) is 14.6. The molecule has 4 nitrogen and oxygen atoms in total. The van der Waals surface area contributed by atoms with Gasteiger partial charge in [-0.15, -0.1) is 0 Å². The van der Waals surface area contributed by atoms with Gasteiger partial charge in [-0.25, -0.2) is 4.79 Å². The van der Waals surface area contributed by atoms with Crippen LogP contribution in [0.5, 0.6) is 0 Å². The van der Waals surface area contributed by atoms with Crippen LogP contribution >= 0.6 is 15.9 Å². The monoisotopic (exact) mass is 443 g/mol. The smallest absolute Gasteiger partial charge is 0.318 e. The number of carbonyl (C=O) groups is 1. The molecule has 1 aliphatic rings. The minimum absolute atomic E-state index is 0.181. The second-order valence-electron chi connectivity index (χ2n) is 7.74. The standard InChI is InChI=1S/C23H30BrN3O/c1-17-6-7-22(24)20(14-17)15-19-9-12-27(13-10-19)11-8-18-4-3-5-21(16-18)26-23(28)25-2/h3-7,14,16,19H,8-13,15H2,1-2H3,(H2,25,26,28). The number of benzene rings is 2. The fourth-order valence-electron chi connectivity index (χ4n) is 3.87. The maximum atomic E-state index is 11.5. The van der Waals surface area contributed by atoms with Gasteiger partial charge in [0.15, 0.2) is 0 Å². The van der Waals surface area contributed by atoms with Gasteiger partial charge in [-0.2, -0.15) is 0 Å². The fourth-order valence-corrected chi connectivity index (χ4v) is 4.28. The van der Waals surface area contributed by atoms with Crippen LogP contribution in [0.4, 0.5) is 10.5 Å². The first-order valence-corrected chi connectivity index (χ1v) is 10.9. The minimum atomic E-state index is -0.181. The number of amides is 2. The lowest BCUT2D eigenvalue weighted by atomic mass is 9.89. The van der Waals surface area contributed by atoms with Crippen LogP contribution in [0.15, 0.2) is 46.9 Å². The van der Waals surface area contributed by atoms with Crippen LogP contribution < -0.4 is 10.6 Å². The van der Waals surface area contributed by atoms with Gasteiger partial charge in [0, 0.05) is 23.8 Å². The largest absolute Gasteiger partial charge is 0.341 e. The quantitative estimate of drug-likeness (QED) is 0.658. The van der Waals surface area contributed by atoms with Crippen molar-refractivity contribution in [2.24, 2.45) is 5.92 Å². The molecule has 0 aromatic heterocycles. The van der Waals surface area contributed by atoms with Gasteiger partial charge in [-0.05, 0) is 80.9 Å². The molecule has 150 valence electrons. The van der Waals surface area contributed by atoms with Gasteiger partial charge in [-0.1, -0.05) is 45.8 Å². The normalized spacial score (nSPS) is 15.4. The predicted octanol–water partition coefficient (Wildman–Crippen LogP) is 5.01. The first kappa shape index (κ1) is 20.9. The van der Waals surface area contributed by atoms with E-state index in [1.54, 1.807) is 7.05 Å². The average molecular weight is 444 g/mol. The highest BCUT2D eigenvalue weighted by atomic mass is 79.9. The number of carbonyl (C=O) groups excluding carboxylic acids is 1. The summed E-state index contributed by atoms with van der Waals surface area (Å²) in [6.07, 6.45) is 4.71. The zero-order chi connectivity index (χ0) is 19.9. The Kier molecular flexibility index (Phi) is 7.51. The Morgan fingerprint density at radius 1 is 1.18 bits per heavy atom. The summed E-state index contributed by atoms with van der Waals surface area (Å²) in [5.41, 5.74) is 4.89. The lowest BCUT2D eigenvalue weighted by molar-refractivity contribution is 0.186. The zero-order valence-electron chi connectivity index (χ0n) is 16.8. The van der Waals surface area contributed by atoms with Crippen LogP contribution in [0.3, 0.4) is 0 Å². The van der Waals surface area contributed by atoms with E-state index in [1.807, 2.05) is 12.1 Å². The van der Waals surface area contributed by atoms with Gasteiger partial charge in [-0.3, -0.25) is 0 Å². The van der Waals surface area contributed by atoms with E-state index < -0.39 is 0 Å². The Morgan fingerprint density at radius 2 is 1.96 bits per heavy atom. The molecule has 0 saturated carbocycles. The Bertz CT molecular complexity index is 800. The van der Waals surface area contributed by atoms with Crippen molar-refractivity contribution in [2.75, 3.05) is 32.0 Å². The molecule has 0 bridgehead atoms. The number of nitrogens with one attached hydrogen (secondary N) is 2. The zero-order valence-corrected chi connectivity index (χ0v) is 18.4. The summed E-state index contributed by atoms with van der Waals surface area (Å²) in [6.45, 7) is 5.58. The van der Waals surface area contributed by atoms with Gasteiger partial charge in [0.05, 0.1) is 0 Å². The van der Waals surface area contributed by atoms with Crippen LogP contribution in [0.2, 0.25) is 0 Å². The average Bonchev–Trinajstić information content (AvgIpc) is 2.70. The number of urea groups is 1. The molecule has 1 heterocycles. The summed E-state index contributed by atoms with van der Waals surface area (Å²) in [7, 11) is 1.63. The van der Waals surface area contributed by atoms with E-state index in [2.05, 4.69) is 68.7 Å². The molecule has 0 radical (unpaired) electrons. The van der Waals surface area contributed by atoms with E-state index in [0.717, 1.165) is 24.6 Å². The molecule has 0 atom stereocenters.